The first-order valence-corrected chi connectivity index (χ1v) is 11.0. The topological polar surface area (TPSA) is 58.6 Å². The zero-order chi connectivity index (χ0) is 23.6. The number of carbonyl (C=O) groups is 2. The highest BCUT2D eigenvalue weighted by molar-refractivity contribution is 5.89. The molecule has 0 aliphatic rings. The molecule has 0 saturated heterocycles. The molecule has 0 radical (unpaired) electrons. The van der Waals surface area contributed by atoms with Crippen LogP contribution in [0.2, 0.25) is 0 Å². The molecular weight excluding hydrogens is 419 g/mol. The SMILES string of the molecule is CC(C)CNC(=O)[C@@H](c1ccccc1)N(Cc1ccc(F)cc1)C(=O)COc1ccccc1. The predicted octanol–water partition coefficient (Wildman–Crippen LogP) is 4.75. The quantitative estimate of drug-likeness (QED) is 0.487. The number of hydrogen-bond acceptors (Lipinski definition) is 3. The fourth-order valence-electron chi connectivity index (χ4n) is 3.36. The van der Waals surface area contributed by atoms with Crippen LogP contribution in [0.4, 0.5) is 4.39 Å². The molecule has 33 heavy (non-hydrogen) atoms. The third-order valence-corrected chi connectivity index (χ3v) is 5.05. The summed E-state index contributed by atoms with van der Waals surface area (Å²) in [7, 11) is 0. The van der Waals surface area contributed by atoms with Gasteiger partial charge in [0.2, 0.25) is 5.91 Å². The molecule has 0 fully saturated rings. The van der Waals surface area contributed by atoms with E-state index in [1.54, 1.807) is 24.3 Å². The van der Waals surface area contributed by atoms with Crippen molar-refractivity contribution in [1.82, 2.24) is 10.2 Å². The molecule has 0 aromatic heterocycles. The van der Waals surface area contributed by atoms with Crippen molar-refractivity contribution in [3.05, 3.63) is 102 Å². The van der Waals surface area contributed by atoms with Gasteiger partial charge in [0.1, 0.15) is 17.6 Å². The minimum Gasteiger partial charge on any atom is -0.484 e. The van der Waals surface area contributed by atoms with Gasteiger partial charge in [-0.05, 0) is 41.3 Å². The fraction of sp³-hybridized carbons (Fsp3) is 0.259. The Labute approximate surface area is 194 Å². The van der Waals surface area contributed by atoms with Crippen LogP contribution in [0.1, 0.15) is 31.0 Å². The Morgan fingerprint density at radius 2 is 1.52 bits per heavy atom. The average Bonchev–Trinajstić information content (AvgIpc) is 2.83. The molecule has 2 amide bonds. The van der Waals surface area contributed by atoms with E-state index >= 15 is 0 Å². The van der Waals surface area contributed by atoms with Crippen LogP contribution in [0.5, 0.6) is 5.75 Å². The van der Waals surface area contributed by atoms with Crippen molar-refractivity contribution in [3.8, 4) is 5.75 Å². The largest absolute Gasteiger partial charge is 0.484 e. The fourth-order valence-corrected chi connectivity index (χ4v) is 3.36. The number of carbonyl (C=O) groups excluding carboxylic acids is 2. The van der Waals surface area contributed by atoms with Gasteiger partial charge >= 0.3 is 0 Å². The van der Waals surface area contributed by atoms with Crippen molar-refractivity contribution in [2.24, 2.45) is 5.92 Å². The first-order chi connectivity index (χ1) is 15.9. The summed E-state index contributed by atoms with van der Waals surface area (Å²) >= 11 is 0. The van der Waals surface area contributed by atoms with E-state index in [4.69, 9.17) is 4.74 Å². The second kappa shape index (κ2) is 11.8. The van der Waals surface area contributed by atoms with Crippen LogP contribution in [-0.2, 0) is 16.1 Å². The van der Waals surface area contributed by atoms with Gasteiger partial charge in [0.15, 0.2) is 6.61 Å². The minimum atomic E-state index is -0.859. The number of amides is 2. The van der Waals surface area contributed by atoms with Crippen molar-refractivity contribution in [1.29, 1.82) is 0 Å². The van der Waals surface area contributed by atoms with Crippen molar-refractivity contribution < 1.29 is 18.7 Å². The summed E-state index contributed by atoms with van der Waals surface area (Å²) in [6, 6.07) is 23.3. The monoisotopic (exact) mass is 448 g/mol. The lowest BCUT2D eigenvalue weighted by atomic mass is 10.0. The van der Waals surface area contributed by atoms with Crippen LogP contribution in [0.25, 0.3) is 0 Å². The Morgan fingerprint density at radius 3 is 2.12 bits per heavy atom. The molecule has 3 aromatic carbocycles. The number of para-hydroxylation sites is 1. The molecule has 172 valence electrons. The smallest absolute Gasteiger partial charge is 0.261 e. The van der Waals surface area contributed by atoms with Crippen LogP contribution in [0, 0.1) is 11.7 Å². The minimum absolute atomic E-state index is 0.131. The molecule has 0 spiro atoms. The summed E-state index contributed by atoms with van der Waals surface area (Å²) in [5, 5.41) is 2.95. The van der Waals surface area contributed by atoms with Gasteiger partial charge in [-0.1, -0.05) is 74.5 Å². The lowest BCUT2D eigenvalue weighted by Crippen LogP contribution is -2.45. The molecule has 1 N–H and O–H groups in total. The molecule has 1 atom stereocenters. The van der Waals surface area contributed by atoms with E-state index in [2.05, 4.69) is 5.32 Å². The van der Waals surface area contributed by atoms with Gasteiger partial charge in [0, 0.05) is 13.1 Å². The van der Waals surface area contributed by atoms with Gasteiger partial charge in [-0.15, -0.1) is 0 Å². The summed E-state index contributed by atoms with van der Waals surface area (Å²) in [5.41, 5.74) is 1.40. The van der Waals surface area contributed by atoms with E-state index in [0.717, 1.165) is 0 Å². The van der Waals surface area contributed by atoms with Crippen molar-refractivity contribution in [2.45, 2.75) is 26.4 Å². The van der Waals surface area contributed by atoms with Gasteiger partial charge in [0.25, 0.3) is 5.91 Å². The van der Waals surface area contributed by atoms with Gasteiger partial charge in [-0.25, -0.2) is 4.39 Å². The molecule has 3 aromatic rings. The van der Waals surface area contributed by atoms with Crippen LogP contribution in [0.3, 0.4) is 0 Å². The first-order valence-electron chi connectivity index (χ1n) is 11.0. The normalized spacial score (nSPS) is 11.6. The maximum atomic E-state index is 13.5. The average molecular weight is 449 g/mol. The molecule has 6 heteroatoms. The van der Waals surface area contributed by atoms with E-state index in [1.165, 1.54) is 17.0 Å². The number of nitrogens with one attached hydrogen (secondary N) is 1. The van der Waals surface area contributed by atoms with Crippen molar-refractivity contribution in [3.63, 3.8) is 0 Å². The van der Waals surface area contributed by atoms with Gasteiger partial charge < -0.3 is 15.0 Å². The molecule has 0 aliphatic carbocycles. The third-order valence-electron chi connectivity index (χ3n) is 5.05. The molecule has 0 bridgehead atoms. The Kier molecular flexibility index (Phi) is 8.58. The Morgan fingerprint density at radius 1 is 0.909 bits per heavy atom. The number of halogens is 1. The highest BCUT2D eigenvalue weighted by Gasteiger charge is 2.31. The molecule has 0 saturated carbocycles. The van der Waals surface area contributed by atoms with Gasteiger partial charge in [0.05, 0.1) is 0 Å². The van der Waals surface area contributed by atoms with Crippen LogP contribution in [0.15, 0.2) is 84.9 Å². The zero-order valence-corrected chi connectivity index (χ0v) is 18.9. The highest BCUT2D eigenvalue weighted by Crippen LogP contribution is 2.24. The number of hydrogen-bond donors (Lipinski definition) is 1. The second-order valence-corrected chi connectivity index (χ2v) is 8.20. The molecule has 0 unspecified atom stereocenters. The van der Waals surface area contributed by atoms with Gasteiger partial charge in [-0.2, -0.15) is 0 Å². The first kappa shape index (κ1) is 24.0. The predicted molar refractivity (Wildman–Crippen MR) is 126 cm³/mol. The Hall–Kier alpha value is -3.67. The lowest BCUT2D eigenvalue weighted by molar-refractivity contribution is -0.143. The van der Waals surface area contributed by atoms with Gasteiger partial charge in [-0.3, -0.25) is 9.59 Å². The maximum Gasteiger partial charge on any atom is 0.261 e. The summed E-state index contributed by atoms with van der Waals surface area (Å²) in [4.78, 5) is 28.2. The zero-order valence-electron chi connectivity index (χ0n) is 18.9. The van der Waals surface area contributed by atoms with Crippen molar-refractivity contribution in [2.75, 3.05) is 13.2 Å². The van der Waals surface area contributed by atoms with Crippen LogP contribution >= 0.6 is 0 Å². The Bertz CT molecular complexity index is 1020. The third kappa shape index (κ3) is 7.17. The summed E-state index contributed by atoms with van der Waals surface area (Å²) in [5.74, 6) is -0.165. The molecular formula is C27H29FN2O3. The van der Waals surface area contributed by atoms with Crippen LogP contribution < -0.4 is 10.1 Å². The maximum absolute atomic E-state index is 13.5. The molecule has 3 rings (SSSR count). The number of benzene rings is 3. The van der Waals surface area contributed by atoms with E-state index in [-0.39, 0.29) is 36.7 Å². The standard InChI is InChI=1S/C27H29FN2O3/c1-20(2)17-29-27(32)26(22-9-5-3-6-10-22)30(18-21-13-15-23(28)16-14-21)25(31)19-33-24-11-7-4-8-12-24/h3-16,20,26H,17-19H2,1-2H3,(H,29,32)/t26-/m1/s1. The summed E-state index contributed by atoms with van der Waals surface area (Å²) in [6.45, 7) is 4.40. The van der Waals surface area contributed by atoms with E-state index in [9.17, 15) is 14.0 Å². The van der Waals surface area contributed by atoms with E-state index in [0.29, 0.717) is 23.4 Å². The second-order valence-electron chi connectivity index (χ2n) is 8.20. The molecule has 0 aliphatic heterocycles. The summed E-state index contributed by atoms with van der Waals surface area (Å²) in [6.07, 6.45) is 0. The number of ether oxygens (including phenoxy) is 1. The molecule has 5 nitrogen and oxygen atoms in total. The Balaban J connectivity index is 1.92. The number of rotatable bonds is 10. The van der Waals surface area contributed by atoms with Crippen LogP contribution in [-0.4, -0.2) is 29.9 Å². The lowest BCUT2D eigenvalue weighted by Gasteiger charge is -2.32. The summed E-state index contributed by atoms with van der Waals surface area (Å²) < 4.78 is 19.1. The van der Waals surface area contributed by atoms with E-state index < -0.39 is 6.04 Å². The molecule has 0 heterocycles. The van der Waals surface area contributed by atoms with Crippen molar-refractivity contribution >= 4 is 11.8 Å². The number of nitrogens with zero attached hydrogens (tertiary/aromatic N) is 1. The van der Waals surface area contributed by atoms with E-state index in [1.807, 2.05) is 62.4 Å². The highest BCUT2D eigenvalue weighted by atomic mass is 19.1.